The van der Waals surface area contributed by atoms with Crippen LogP contribution < -0.4 is 4.74 Å². The van der Waals surface area contributed by atoms with E-state index in [1.165, 1.54) is 0 Å². The van der Waals surface area contributed by atoms with Crippen LogP contribution in [0.5, 0.6) is 5.75 Å². The van der Waals surface area contributed by atoms with Crippen LogP contribution in [0.3, 0.4) is 0 Å². The van der Waals surface area contributed by atoms with Gasteiger partial charge in [-0.1, -0.05) is 29.4 Å². The Morgan fingerprint density at radius 3 is 2.52 bits per heavy atom. The number of halogens is 3. The van der Waals surface area contributed by atoms with Crippen molar-refractivity contribution >= 4 is 10.9 Å². The van der Waals surface area contributed by atoms with E-state index < -0.39 is 12.1 Å². The maximum absolute atomic E-state index is 12.7. The Balaban J connectivity index is 1.67. The first kappa shape index (κ1) is 17.1. The van der Waals surface area contributed by atoms with Crippen molar-refractivity contribution in [2.24, 2.45) is 0 Å². The van der Waals surface area contributed by atoms with Gasteiger partial charge in [-0.3, -0.25) is 0 Å². The van der Waals surface area contributed by atoms with E-state index in [1.807, 2.05) is 47.2 Å². The van der Waals surface area contributed by atoms with Crippen molar-refractivity contribution in [1.29, 1.82) is 0 Å². The minimum atomic E-state index is -4.66. The predicted molar refractivity (Wildman–Crippen MR) is 92.3 cm³/mol. The monoisotopic (exact) mass is 373 g/mol. The number of aromatic nitrogens is 3. The van der Waals surface area contributed by atoms with Crippen LogP contribution in [-0.2, 0) is 12.7 Å². The highest BCUT2D eigenvalue weighted by atomic mass is 19.4. The molecular weight excluding hydrogens is 359 g/mol. The first-order valence-corrected chi connectivity index (χ1v) is 8.07. The molecule has 4 aromatic rings. The third kappa shape index (κ3) is 3.38. The van der Waals surface area contributed by atoms with Crippen molar-refractivity contribution < 1.29 is 22.4 Å². The van der Waals surface area contributed by atoms with Crippen molar-refractivity contribution in [3.05, 3.63) is 66.2 Å². The third-order valence-electron chi connectivity index (χ3n) is 4.21. The fourth-order valence-electron chi connectivity index (χ4n) is 2.84. The molecule has 0 bridgehead atoms. The molecule has 0 radical (unpaired) electrons. The summed E-state index contributed by atoms with van der Waals surface area (Å²) < 4.78 is 49.5. The number of rotatable bonds is 4. The van der Waals surface area contributed by atoms with E-state index in [0.29, 0.717) is 12.1 Å². The van der Waals surface area contributed by atoms with Gasteiger partial charge in [0.15, 0.2) is 0 Å². The molecule has 2 aromatic heterocycles. The normalized spacial score (nSPS) is 11.9. The molecule has 2 heterocycles. The molecule has 0 unspecified atom stereocenters. The Kier molecular flexibility index (Phi) is 4.10. The molecule has 4 rings (SSSR count). The van der Waals surface area contributed by atoms with Gasteiger partial charge < -0.3 is 13.8 Å². The topological polar surface area (TPSA) is 53.1 Å². The summed E-state index contributed by atoms with van der Waals surface area (Å²) in [7, 11) is 1.61. The highest BCUT2D eigenvalue weighted by molar-refractivity contribution is 5.84. The Hall–Kier alpha value is -3.29. The Morgan fingerprint density at radius 1 is 1.07 bits per heavy atom. The lowest BCUT2D eigenvalue weighted by atomic mass is 10.1. The average molecular weight is 373 g/mol. The molecule has 8 heteroatoms. The Morgan fingerprint density at radius 2 is 1.85 bits per heavy atom. The molecule has 0 N–H and O–H groups in total. The highest BCUT2D eigenvalue weighted by Crippen LogP contribution is 2.30. The molecule has 2 aromatic carbocycles. The van der Waals surface area contributed by atoms with E-state index in [9.17, 15) is 13.2 Å². The number of hydrogen-bond donors (Lipinski definition) is 0. The van der Waals surface area contributed by atoms with Crippen LogP contribution in [0.4, 0.5) is 13.2 Å². The summed E-state index contributed by atoms with van der Waals surface area (Å²) in [5.41, 5.74) is 2.38. The lowest BCUT2D eigenvalue weighted by Gasteiger charge is -2.07. The molecule has 0 saturated carbocycles. The van der Waals surface area contributed by atoms with Crippen molar-refractivity contribution in [3.8, 4) is 17.1 Å². The van der Waals surface area contributed by atoms with Gasteiger partial charge in [-0.25, -0.2) is 0 Å². The van der Waals surface area contributed by atoms with E-state index in [4.69, 9.17) is 4.74 Å². The number of fused-ring (bicyclic) bond motifs is 1. The van der Waals surface area contributed by atoms with E-state index in [0.717, 1.165) is 22.2 Å². The van der Waals surface area contributed by atoms with Gasteiger partial charge in [-0.2, -0.15) is 18.2 Å². The maximum Gasteiger partial charge on any atom is 0.471 e. The summed E-state index contributed by atoms with van der Waals surface area (Å²) in [6, 6.07) is 14.9. The van der Waals surface area contributed by atoms with Gasteiger partial charge in [0.2, 0.25) is 5.82 Å². The van der Waals surface area contributed by atoms with E-state index in [1.54, 1.807) is 19.2 Å². The SMILES string of the molecule is COc1ccc(Cn2ccc3ccc(-c4noc(C(F)(F)F)n4)cc32)cc1. The highest BCUT2D eigenvalue weighted by Gasteiger charge is 2.38. The number of benzene rings is 2. The molecule has 0 aliphatic rings. The molecule has 138 valence electrons. The number of hydrogen-bond acceptors (Lipinski definition) is 4. The van der Waals surface area contributed by atoms with Gasteiger partial charge in [0.1, 0.15) is 5.75 Å². The molecule has 0 spiro atoms. The van der Waals surface area contributed by atoms with Crippen LogP contribution in [0.2, 0.25) is 0 Å². The van der Waals surface area contributed by atoms with E-state index in [-0.39, 0.29) is 5.82 Å². The quantitative estimate of drug-likeness (QED) is 0.517. The molecular formula is C19H14F3N3O2. The summed E-state index contributed by atoms with van der Waals surface area (Å²) in [5, 5.41) is 4.41. The number of ether oxygens (including phenoxy) is 1. The van der Waals surface area contributed by atoms with Gasteiger partial charge >= 0.3 is 12.1 Å². The summed E-state index contributed by atoms with van der Waals surface area (Å²) in [6.07, 6.45) is -2.74. The molecule has 27 heavy (non-hydrogen) atoms. The fourth-order valence-corrected chi connectivity index (χ4v) is 2.84. The first-order valence-electron chi connectivity index (χ1n) is 8.07. The van der Waals surface area contributed by atoms with Crippen molar-refractivity contribution in [2.45, 2.75) is 12.7 Å². The van der Waals surface area contributed by atoms with E-state index in [2.05, 4.69) is 14.7 Å². The van der Waals surface area contributed by atoms with Crippen LogP contribution in [0.1, 0.15) is 11.5 Å². The smallest absolute Gasteiger partial charge is 0.471 e. The molecule has 0 aliphatic heterocycles. The zero-order valence-corrected chi connectivity index (χ0v) is 14.2. The van der Waals surface area contributed by atoms with Crippen LogP contribution >= 0.6 is 0 Å². The molecule has 0 amide bonds. The van der Waals surface area contributed by atoms with Gasteiger partial charge in [-0.05, 0) is 35.2 Å². The molecule has 0 aliphatic carbocycles. The summed E-state index contributed by atoms with van der Waals surface area (Å²) >= 11 is 0. The summed E-state index contributed by atoms with van der Waals surface area (Å²) in [6.45, 7) is 0.608. The summed E-state index contributed by atoms with van der Waals surface area (Å²) in [4.78, 5) is 3.45. The lowest BCUT2D eigenvalue weighted by Crippen LogP contribution is -2.04. The van der Waals surface area contributed by atoms with E-state index >= 15 is 0 Å². The number of methoxy groups -OCH3 is 1. The molecule has 5 nitrogen and oxygen atoms in total. The van der Waals surface area contributed by atoms with Crippen molar-refractivity contribution in [3.63, 3.8) is 0 Å². The first-order chi connectivity index (χ1) is 12.9. The average Bonchev–Trinajstić information content (AvgIpc) is 3.29. The van der Waals surface area contributed by atoms with Crippen LogP contribution in [-0.4, -0.2) is 21.8 Å². The predicted octanol–water partition coefficient (Wildman–Crippen LogP) is 4.77. The lowest BCUT2D eigenvalue weighted by molar-refractivity contribution is -0.159. The standard InChI is InChI=1S/C19H14F3N3O2/c1-26-15-6-2-12(3-7-15)11-25-9-8-13-4-5-14(10-16(13)25)17-23-18(27-24-17)19(20,21)22/h2-10H,11H2,1H3. The van der Waals surface area contributed by atoms with Gasteiger partial charge in [0, 0.05) is 23.8 Å². The van der Waals surface area contributed by atoms with Gasteiger partial charge in [0.05, 0.1) is 7.11 Å². The third-order valence-corrected chi connectivity index (χ3v) is 4.21. The van der Waals surface area contributed by atoms with Crippen molar-refractivity contribution in [1.82, 2.24) is 14.7 Å². The Bertz CT molecular complexity index is 1080. The van der Waals surface area contributed by atoms with Gasteiger partial charge in [-0.15, -0.1) is 0 Å². The van der Waals surface area contributed by atoms with Crippen LogP contribution in [0.15, 0.2) is 59.3 Å². The van der Waals surface area contributed by atoms with Crippen molar-refractivity contribution in [2.75, 3.05) is 7.11 Å². The maximum atomic E-state index is 12.7. The van der Waals surface area contributed by atoms with Gasteiger partial charge in [0.25, 0.3) is 0 Å². The number of nitrogens with zero attached hydrogens (tertiary/aromatic N) is 3. The minimum Gasteiger partial charge on any atom is -0.497 e. The second kappa shape index (κ2) is 6.46. The largest absolute Gasteiger partial charge is 0.497 e. The second-order valence-electron chi connectivity index (χ2n) is 5.99. The Labute approximate surface area is 152 Å². The zero-order chi connectivity index (χ0) is 19.0. The molecule has 0 fully saturated rings. The second-order valence-corrected chi connectivity index (χ2v) is 5.99. The van der Waals surface area contributed by atoms with Crippen LogP contribution in [0.25, 0.3) is 22.3 Å². The fraction of sp³-hybridized carbons (Fsp3) is 0.158. The molecule has 0 atom stereocenters. The number of alkyl halides is 3. The molecule has 0 saturated heterocycles. The van der Waals surface area contributed by atoms with Crippen LogP contribution in [0, 0.1) is 0 Å². The summed E-state index contributed by atoms with van der Waals surface area (Å²) in [5.74, 6) is -0.677. The minimum absolute atomic E-state index is 0.0959. The zero-order valence-electron chi connectivity index (χ0n) is 14.2.